The van der Waals surface area contributed by atoms with Gasteiger partial charge in [0.15, 0.2) is 5.60 Å². The van der Waals surface area contributed by atoms with E-state index < -0.39 is 11.6 Å². The summed E-state index contributed by atoms with van der Waals surface area (Å²) in [6, 6.07) is 0. The summed E-state index contributed by atoms with van der Waals surface area (Å²) in [5.41, 5.74) is -1.05. The molecular weight excluding hydrogens is 192 g/mol. The molecule has 0 saturated carbocycles. The standard InChI is InChI=1S/C8H14O4S/c9-5-1-3-8(7(10)11)4-2-6-13-12-8/h9H,1-6H2,(H,10,11). The molecule has 0 aromatic heterocycles. The highest BCUT2D eigenvalue weighted by atomic mass is 32.2. The second-order valence-electron chi connectivity index (χ2n) is 3.14. The minimum absolute atomic E-state index is 0.0169. The van der Waals surface area contributed by atoms with Crippen LogP contribution in [0.15, 0.2) is 0 Å². The van der Waals surface area contributed by atoms with Crippen LogP contribution in [0.25, 0.3) is 0 Å². The van der Waals surface area contributed by atoms with Crippen molar-refractivity contribution in [2.45, 2.75) is 31.3 Å². The van der Waals surface area contributed by atoms with Crippen LogP contribution in [-0.4, -0.2) is 34.1 Å². The van der Waals surface area contributed by atoms with Gasteiger partial charge >= 0.3 is 5.97 Å². The van der Waals surface area contributed by atoms with Crippen molar-refractivity contribution in [1.82, 2.24) is 0 Å². The first-order valence-electron chi connectivity index (χ1n) is 4.36. The van der Waals surface area contributed by atoms with Crippen molar-refractivity contribution < 1.29 is 19.2 Å². The summed E-state index contributed by atoms with van der Waals surface area (Å²) in [6.07, 6.45) is 2.29. The zero-order chi connectivity index (χ0) is 9.73. The van der Waals surface area contributed by atoms with Crippen LogP contribution >= 0.6 is 12.0 Å². The van der Waals surface area contributed by atoms with Gasteiger partial charge in [-0.05, 0) is 37.7 Å². The van der Waals surface area contributed by atoms with Crippen LogP contribution in [-0.2, 0) is 8.98 Å². The van der Waals surface area contributed by atoms with Crippen LogP contribution < -0.4 is 0 Å². The maximum Gasteiger partial charge on any atom is 0.337 e. The fourth-order valence-electron chi connectivity index (χ4n) is 1.39. The molecule has 1 fully saturated rings. The van der Waals surface area contributed by atoms with Gasteiger partial charge in [0, 0.05) is 12.4 Å². The highest BCUT2D eigenvalue weighted by Crippen LogP contribution is 2.34. The molecule has 0 aliphatic carbocycles. The van der Waals surface area contributed by atoms with Gasteiger partial charge < -0.3 is 10.2 Å². The van der Waals surface area contributed by atoms with E-state index in [1.165, 1.54) is 12.0 Å². The average molecular weight is 206 g/mol. The lowest BCUT2D eigenvalue weighted by Crippen LogP contribution is -2.42. The molecule has 0 bridgehead atoms. The van der Waals surface area contributed by atoms with E-state index >= 15 is 0 Å². The molecule has 13 heavy (non-hydrogen) atoms. The number of carboxylic acid groups (broad SMARTS) is 1. The Morgan fingerprint density at radius 3 is 2.85 bits per heavy atom. The third kappa shape index (κ3) is 2.59. The molecule has 0 radical (unpaired) electrons. The Hall–Kier alpha value is -0.260. The average Bonchev–Trinajstić information content (AvgIpc) is 2.16. The van der Waals surface area contributed by atoms with Gasteiger partial charge in [0.05, 0.1) is 0 Å². The predicted octanol–water partition coefficient (Wildman–Crippen LogP) is 1.04. The smallest absolute Gasteiger partial charge is 0.337 e. The minimum atomic E-state index is -1.05. The molecule has 0 aromatic carbocycles. The second kappa shape index (κ2) is 4.83. The van der Waals surface area contributed by atoms with Gasteiger partial charge in [-0.3, -0.25) is 4.18 Å². The molecule has 1 saturated heterocycles. The number of aliphatic hydroxyl groups excluding tert-OH is 1. The van der Waals surface area contributed by atoms with Gasteiger partial charge in [0.2, 0.25) is 0 Å². The Balaban J connectivity index is 2.56. The highest BCUT2D eigenvalue weighted by Gasteiger charge is 2.41. The molecule has 0 amide bonds. The Morgan fingerprint density at radius 2 is 2.38 bits per heavy atom. The second-order valence-corrected chi connectivity index (χ2v) is 3.95. The van der Waals surface area contributed by atoms with Crippen LogP contribution in [0.3, 0.4) is 0 Å². The van der Waals surface area contributed by atoms with Gasteiger partial charge in [-0.25, -0.2) is 4.79 Å². The Labute approximate surface area is 81.5 Å². The Kier molecular flexibility index (Phi) is 4.02. The molecule has 1 rings (SSSR count). The monoisotopic (exact) mass is 206 g/mol. The molecule has 1 heterocycles. The predicted molar refractivity (Wildman–Crippen MR) is 49.5 cm³/mol. The normalized spacial score (nSPS) is 28.7. The molecule has 1 aliphatic rings. The number of rotatable bonds is 4. The van der Waals surface area contributed by atoms with Crippen molar-refractivity contribution in [3.8, 4) is 0 Å². The van der Waals surface area contributed by atoms with Gasteiger partial charge in [-0.2, -0.15) is 0 Å². The zero-order valence-electron chi connectivity index (χ0n) is 7.36. The summed E-state index contributed by atoms with van der Waals surface area (Å²) in [5.74, 6) is -0.0538. The summed E-state index contributed by atoms with van der Waals surface area (Å²) >= 11 is 1.22. The van der Waals surface area contributed by atoms with Crippen LogP contribution in [0.2, 0.25) is 0 Å². The van der Waals surface area contributed by atoms with Crippen molar-refractivity contribution in [3.63, 3.8) is 0 Å². The van der Waals surface area contributed by atoms with Crippen molar-refractivity contribution in [3.05, 3.63) is 0 Å². The maximum absolute atomic E-state index is 11.0. The molecule has 5 heteroatoms. The molecule has 76 valence electrons. The molecule has 1 atom stereocenters. The number of hydrogen-bond donors (Lipinski definition) is 2. The van der Waals surface area contributed by atoms with Crippen LogP contribution in [0.4, 0.5) is 0 Å². The summed E-state index contributed by atoms with van der Waals surface area (Å²) in [7, 11) is 0. The van der Waals surface area contributed by atoms with Crippen molar-refractivity contribution in [2.24, 2.45) is 0 Å². The zero-order valence-corrected chi connectivity index (χ0v) is 8.18. The quantitative estimate of drug-likeness (QED) is 0.673. The third-order valence-corrected chi connectivity index (χ3v) is 3.05. The van der Waals surface area contributed by atoms with Crippen LogP contribution in [0.1, 0.15) is 25.7 Å². The van der Waals surface area contributed by atoms with E-state index in [2.05, 4.69) is 0 Å². The summed E-state index contributed by atoms with van der Waals surface area (Å²) in [6.45, 7) is 0.0169. The van der Waals surface area contributed by atoms with E-state index in [1.807, 2.05) is 0 Å². The van der Waals surface area contributed by atoms with Crippen LogP contribution in [0.5, 0.6) is 0 Å². The van der Waals surface area contributed by atoms with Crippen LogP contribution in [0, 0.1) is 0 Å². The number of aliphatic hydroxyl groups is 1. The molecule has 0 spiro atoms. The third-order valence-electron chi connectivity index (χ3n) is 2.16. The first-order valence-corrected chi connectivity index (χ1v) is 5.27. The molecule has 4 nitrogen and oxygen atoms in total. The first-order chi connectivity index (χ1) is 6.21. The van der Waals surface area contributed by atoms with E-state index in [4.69, 9.17) is 14.4 Å². The van der Waals surface area contributed by atoms with E-state index in [-0.39, 0.29) is 6.61 Å². The van der Waals surface area contributed by atoms with Crippen molar-refractivity contribution >= 4 is 18.0 Å². The molecule has 0 aromatic rings. The highest BCUT2D eigenvalue weighted by molar-refractivity contribution is 7.94. The van der Waals surface area contributed by atoms with E-state index in [0.717, 1.165) is 12.2 Å². The SMILES string of the molecule is O=C(O)C1(CCCO)CCCSO1. The summed E-state index contributed by atoms with van der Waals surface area (Å²) in [5, 5.41) is 17.6. The maximum atomic E-state index is 11.0. The topological polar surface area (TPSA) is 66.8 Å². The van der Waals surface area contributed by atoms with Crippen molar-refractivity contribution in [2.75, 3.05) is 12.4 Å². The molecule has 1 unspecified atom stereocenters. The lowest BCUT2D eigenvalue weighted by Gasteiger charge is -2.31. The summed E-state index contributed by atoms with van der Waals surface area (Å²) < 4.78 is 5.24. The Bertz CT molecular complexity index is 177. The molecule has 1 aliphatic heterocycles. The lowest BCUT2D eigenvalue weighted by molar-refractivity contribution is -0.156. The Morgan fingerprint density at radius 1 is 1.62 bits per heavy atom. The molecular formula is C8H14O4S. The summed E-state index contributed by atoms with van der Waals surface area (Å²) in [4.78, 5) is 11.0. The van der Waals surface area contributed by atoms with E-state index in [0.29, 0.717) is 19.3 Å². The number of aliphatic carboxylic acids is 1. The number of carbonyl (C=O) groups is 1. The fraction of sp³-hybridized carbons (Fsp3) is 0.875. The van der Waals surface area contributed by atoms with Gasteiger partial charge in [0.1, 0.15) is 0 Å². The van der Waals surface area contributed by atoms with Gasteiger partial charge in [-0.15, -0.1) is 0 Å². The number of carboxylic acids is 1. The first kappa shape index (κ1) is 10.8. The van der Waals surface area contributed by atoms with E-state index in [1.54, 1.807) is 0 Å². The lowest BCUT2D eigenvalue weighted by atomic mass is 9.93. The largest absolute Gasteiger partial charge is 0.479 e. The van der Waals surface area contributed by atoms with E-state index in [9.17, 15) is 4.79 Å². The van der Waals surface area contributed by atoms with Crippen molar-refractivity contribution in [1.29, 1.82) is 0 Å². The van der Waals surface area contributed by atoms with Gasteiger partial charge in [-0.1, -0.05) is 0 Å². The minimum Gasteiger partial charge on any atom is -0.479 e. The van der Waals surface area contributed by atoms with Gasteiger partial charge in [0.25, 0.3) is 0 Å². The number of hydrogen-bond acceptors (Lipinski definition) is 4. The fourth-order valence-corrected chi connectivity index (χ4v) is 2.20. The molecule has 2 N–H and O–H groups in total.